The molecule has 1 aliphatic rings. The lowest BCUT2D eigenvalue weighted by molar-refractivity contribution is -0.117. The van der Waals surface area contributed by atoms with Crippen molar-refractivity contribution < 1.29 is 9.47 Å². The minimum Gasteiger partial charge on any atom is -0.356 e. The summed E-state index contributed by atoms with van der Waals surface area (Å²) in [5, 5.41) is 0. The van der Waals surface area contributed by atoms with Crippen LogP contribution in [0.25, 0.3) is 0 Å². The molecule has 1 saturated carbocycles. The Morgan fingerprint density at radius 3 is 2.27 bits per heavy atom. The van der Waals surface area contributed by atoms with E-state index in [1.54, 1.807) is 14.2 Å². The van der Waals surface area contributed by atoms with Crippen molar-refractivity contribution in [3.8, 4) is 0 Å². The molecule has 0 aromatic carbocycles. The highest BCUT2D eigenvalue weighted by molar-refractivity contribution is 4.94. The molecular formula is C13H24O2. The van der Waals surface area contributed by atoms with E-state index in [1.807, 2.05) is 0 Å². The molecule has 0 bridgehead atoms. The van der Waals surface area contributed by atoms with Crippen molar-refractivity contribution in [2.24, 2.45) is 11.3 Å². The molecule has 0 aromatic heterocycles. The van der Waals surface area contributed by atoms with E-state index in [4.69, 9.17) is 9.47 Å². The van der Waals surface area contributed by atoms with Gasteiger partial charge in [-0.2, -0.15) is 0 Å². The third-order valence-electron chi connectivity index (χ3n) is 3.79. The Hall–Kier alpha value is -0.340. The summed E-state index contributed by atoms with van der Waals surface area (Å²) in [4.78, 5) is 0. The van der Waals surface area contributed by atoms with Crippen LogP contribution in [0.5, 0.6) is 0 Å². The summed E-state index contributed by atoms with van der Waals surface area (Å²) >= 11 is 0. The molecule has 0 aliphatic heterocycles. The molecule has 0 radical (unpaired) electrons. The van der Waals surface area contributed by atoms with Crippen molar-refractivity contribution in [3.05, 3.63) is 12.7 Å². The lowest BCUT2D eigenvalue weighted by Crippen LogP contribution is -2.26. The fourth-order valence-electron chi connectivity index (χ4n) is 2.34. The van der Waals surface area contributed by atoms with Gasteiger partial charge in [0.1, 0.15) is 0 Å². The quantitative estimate of drug-likeness (QED) is 0.514. The number of methoxy groups -OCH3 is 2. The van der Waals surface area contributed by atoms with Gasteiger partial charge in [-0.3, -0.25) is 0 Å². The van der Waals surface area contributed by atoms with Gasteiger partial charge in [0.15, 0.2) is 6.29 Å². The first kappa shape index (κ1) is 12.7. The first-order chi connectivity index (χ1) is 7.13. The molecule has 0 spiro atoms. The molecular weight excluding hydrogens is 188 g/mol. The molecule has 1 rings (SSSR count). The smallest absolute Gasteiger partial charge is 0.157 e. The van der Waals surface area contributed by atoms with Crippen LogP contribution in [0.1, 0.15) is 39.0 Å². The van der Waals surface area contributed by atoms with Gasteiger partial charge in [-0.25, -0.2) is 0 Å². The van der Waals surface area contributed by atoms with Gasteiger partial charge < -0.3 is 9.47 Å². The zero-order valence-electron chi connectivity index (χ0n) is 10.3. The zero-order valence-corrected chi connectivity index (χ0v) is 10.3. The van der Waals surface area contributed by atoms with Crippen LogP contribution in [0.2, 0.25) is 0 Å². The van der Waals surface area contributed by atoms with Gasteiger partial charge in [0.2, 0.25) is 0 Å². The molecule has 0 unspecified atom stereocenters. The fourth-order valence-corrected chi connectivity index (χ4v) is 2.34. The highest BCUT2D eigenvalue weighted by Crippen LogP contribution is 2.40. The Balaban J connectivity index is 2.34. The molecule has 0 aromatic rings. The molecule has 0 amide bonds. The maximum Gasteiger partial charge on any atom is 0.157 e. The standard InChI is InChI=1S/C13H24O2/c1-5-13(2)8-6-11(7-9-13)10-12(14-3)15-4/h5,11-12H,1,6-10H2,2-4H3. The average molecular weight is 212 g/mol. The second-order valence-electron chi connectivity index (χ2n) is 4.94. The van der Waals surface area contributed by atoms with E-state index in [9.17, 15) is 0 Å². The van der Waals surface area contributed by atoms with Crippen LogP contribution in [0.3, 0.4) is 0 Å². The third kappa shape index (κ3) is 3.62. The van der Waals surface area contributed by atoms with Gasteiger partial charge in [0.05, 0.1) is 0 Å². The second-order valence-corrected chi connectivity index (χ2v) is 4.94. The molecule has 15 heavy (non-hydrogen) atoms. The van der Waals surface area contributed by atoms with Gasteiger partial charge in [-0.15, -0.1) is 6.58 Å². The van der Waals surface area contributed by atoms with Gasteiger partial charge in [-0.05, 0) is 37.0 Å². The zero-order chi connectivity index (χ0) is 11.3. The normalized spacial score (nSPS) is 31.9. The monoisotopic (exact) mass is 212 g/mol. The van der Waals surface area contributed by atoms with Crippen LogP contribution in [-0.4, -0.2) is 20.5 Å². The summed E-state index contributed by atoms with van der Waals surface area (Å²) < 4.78 is 10.5. The molecule has 0 atom stereocenters. The van der Waals surface area contributed by atoms with Crippen LogP contribution >= 0.6 is 0 Å². The van der Waals surface area contributed by atoms with E-state index in [2.05, 4.69) is 19.6 Å². The molecule has 0 N–H and O–H groups in total. The van der Waals surface area contributed by atoms with Crippen LogP contribution in [0.4, 0.5) is 0 Å². The Labute approximate surface area is 93.7 Å². The lowest BCUT2D eigenvalue weighted by Gasteiger charge is -2.35. The summed E-state index contributed by atoms with van der Waals surface area (Å²) in [5.41, 5.74) is 0.367. The van der Waals surface area contributed by atoms with Crippen LogP contribution in [-0.2, 0) is 9.47 Å². The number of rotatable bonds is 5. The maximum absolute atomic E-state index is 5.24. The minimum atomic E-state index is -0.0249. The number of ether oxygens (including phenoxy) is 2. The van der Waals surface area contributed by atoms with Crippen LogP contribution < -0.4 is 0 Å². The summed E-state index contributed by atoms with van der Waals surface area (Å²) in [5.74, 6) is 0.753. The van der Waals surface area contributed by atoms with Crippen LogP contribution in [0.15, 0.2) is 12.7 Å². The van der Waals surface area contributed by atoms with Gasteiger partial charge in [0.25, 0.3) is 0 Å². The van der Waals surface area contributed by atoms with Gasteiger partial charge in [0, 0.05) is 20.6 Å². The maximum atomic E-state index is 5.24. The molecule has 0 saturated heterocycles. The molecule has 1 aliphatic carbocycles. The Kier molecular flexibility index (Phi) is 4.81. The van der Waals surface area contributed by atoms with E-state index >= 15 is 0 Å². The van der Waals surface area contributed by atoms with E-state index in [-0.39, 0.29) is 6.29 Å². The molecule has 2 heteroatoms. The topological polar surface area (TPSA) is 18.5 Å². The summed E-state index contributed by atoms with van der Waals surface area (Å²) in [6.45, 7) is 6.23. The lowest BCUT2D eigenvalue weighted by atomic mass is 9.71. The third-order valence-corrected chi connectivity index (χ3v) is 3.79. The van der Waals surface area contributed by atoms with Crippen molar-refractivity contribution in [1.82, 2.24) is 0 Å². The summed E-state index contributed by atoms with van der Waals surface area (Å²) in [7, 11) is 3.43. The SMILES string of the molecule is C=CC1(C)CCC(CC(OC)OC)CC1. The molecule has 88 valence electrons. The number of hydrogen-bond donors (Lipinski definition) is 0. The van der Waals surface area contributed by atoms with Crippen molar-refractivity contribution in [3.63, 3.8) is 0 Å². The Bertz CT molecular complexity index is 189. The highest BCUT2D eigenvalue weighted by Gasteiger charge is 2.29. The number of hydrogen-bond acceptors (Lipinski definition) is 2. The minimum absolute atomic E-state index is 0.0249. The number of allylic oxidation sites excluding steroid dienone is 1. The fraction of sp³-hybridized carbons (Fsp3) is 0.846. The predicted octanol–water partition coefficient (Wildman–Crippen LogP) is 3.38. The van der Waals surface area contributed by atoms with E-state index in [0.29, 0.717) is 5.41 Å². The van der Waals surface area contributed by atoms with Crippen molar-refractivity contribution >= 4 is 0 Å². The summed E-state index contributed by atoms with van der Waals surface area (Å²) in [6, 6.07) is 0. The average Bonchev–Trinajstić information content (AvgIpc) is 2.28. The van der Waals surface area contributed by atoms with Gasteiger partial charge in [-0.1, -0.05) is 13.0 Å². The largest absolute Gasteiger partial charge is 0.356 e. The van der Waals surface area contributed by atoms with E-state index in [1.165, 1.54) is 25.7 Å². The van der Waals surface area contributed by atoms with E-state index < -0.39 is 0 Å². The molecule has 0 heterocycles. The highest BCUT2D eigenvalue weighted by atomic mass is 16.7. The Morgan fingerprint density at radius 1 is 1.33 bits per heavy atom. The predicted molar refractivity (Wildman–Crippen MR) is 62.7 cm³/mol. The summed E-state index contributed by atoms with van der Waals surface area (Å²) in [6.07, 6.45) is 8.16. The molecule has 2 nitrogen and oxygen atoms in total. The van der Waals surface area contributed by atoms with Gasteiger partial charge >= 0.3 is 0 Å². The van der Waals surface area contributed by atoms with Crippen molar-refractivity contribution in [1.29, 1.82) is 0 Å². The van der Waals surface area contributed by atoms with Crippen molar-refractivity contribution in [2.45, 2.75) is 45.3 Å². The second kappa shape index (κ2) is 5.66. The van der Waals surface area contributed by atoms with E-state index in [0.717, 1.165) is 12.3 Å². The first-order valence-electron chi connectivity index (χ1n) is 5.82. The van der Waals surface area contributed by atoms with Crippen molar-refractivity contribution in [2.75, 3.05) is 14.2 Å². The Morgan fingerprint density at radius 2 is 1.87 bits per heavy atom. The molecule has 1 fully saturated rings. The van der Waals surface area contributed by atoms with Crippen LogP contribution in [0, 0.1) is 11.3 Å². The first-order valence-corrected chi connectivity index (χ1v) is 5.82.